The number of benzene rings is 1. The first-order chi connectivity index (χ1) is 9.66. The zero-order valence-corrected chi connectivity index (χ0v) is 12.9. The van der Waals surface area contributed by atoms with Gasteiger partial charge in [0.15, 0.2) is 0 Å². The number of unbranched alkanes of at least 4 members (excludes halogenated alkanes) is 1. The number of rotatable bonds is 6. The first-order valence-corrected chi connectivity index (χ1v) is 7.81. The Morgan fingerprint density at radius 1 is 1.20 bits per heavy atom. The number of hydrogen-bond donors (Lipinski definition) is 1. The molecule has 1 heterocycles. The van der Waals surface area contributed by atoms with Gasteiger partial charge in [-0.1, -0.05) is 18.2 Å². The molecular formula is C17H28N2O. The summed E-state index contributed by atoms with van der Waals surface area (Å²) in [5.41, 5.74) is 0.247. The molecule has 1 aromatic carbocycles. The smallest absolute Gasteiger partial charge is 0.119 e. The molecule has 0 spiro atoms. The molecule has 1 aliphatic heterocycles. The third-order valence-corrected chi connectivity index (χ3v) is 3.75. The number of nitrogens with one attached hydrogen (secondary N) is 1. The summed E-state index contributed by atoms with van der Waals surface area (Å²) < 4.78 is 5.73. The van der Waals surface area contributed by atoms with Crippen molar-refractivity contribution in [3.05, 3.63) is 30.3 Å². The summed E-state index contributed by atoms with van der Waals surface area (Å²) in [5.74, 6) is 0.979. The van der Waals surface area contributed by atoms with Crippen LogP contribution in [0.2, 0.25) is 0 Å². The maximum Gasteiger partial charge on any atom is 0.119 e. The molecule has 3 heteroatoms. The van der Waals surface area contributed by atoms with Crippen molar-refractivity contribution in [3.63, 3.8) is 0 Å². The van der Waals surface area contributed by atoms with Crippen LogP contribution in [0.4, 0.5) is 0 Å². The molecule has 0 aromatic heterocycles. The third kappa shape index (κ3) is 5.51. The molecule has 1 saturated heterocycles. The van der Waals surface area contributed by atoms with E-state index < -0.39 is 0 Å². The molecule has 0 saturated carbocycles. The minimum atomic E-state index is 0.247. The summed E-state index contributed by atoms with van der Waals surface area (Å²) in [5, 5.41) is 3.61. The van der Waals surface area contributed by atoms with Gasteiger partial charge in [-0.3, -0.25) is 0 Å². The fourth-order valence-electron chi connectivity index (χ4n) is 2.76. The van der Waals surface area contributed by atoms with Crippen LogP contribution in [0.25, 0.3) is 0 Å². The van der Waals surface area contributed by atoms with Crippen molar-refractivity contribution < 1.29 is 4.74 Å². The largest absolute Gasteiger partial charge is 0.494 e. The van der Waals surface area contributed by atoms with Crippen molar-refractivity contribution in [1.82, 2.24) is 10.2 Å². The second-order valence-electron chi connectivity index (χ2n) is 6.31. The zero-order valence-electron chi connectivity index (χ0n) is 12.9. The highest BCUT2D eigenvalue weighted by molar-refractivity contribution is 5.20. The standard InChI is InChI=1S/C17H28N2O/c1-17(2)15-19(13-8-11-18-17)12-6-7-14-20-16-9-4-3-5-10-16/h3-5,9-10,18H,6-8,11-15H2,1-2H3. The van der Waals surface area contributed by atoms with Crippen LogP contribution in [0.3, 0.4) is 0 Å². The van der Waals surface area contributed by atoms with Gasteiger partial charge in [0.25, 0.3) is 0 Å². The fourth-order valence-corrected chi connectivity index (χ4v) is 2.76. The summed E-state index contributed by atoms with van der Waals surface area (Å²) in [6, 6.07) is 10.1. The van der Waals surface area contributed by atoms with Gasteiger partial charge in [-0.25, -0.2) is 0 Å². The molecule has 1 aromatic rings. The normalized spacial score (nSPS) is 19.5. The van der Waals surface area contributed by atoms with Crippen molar-refractivity contribution in [2.75, 3.05) is 32.8 Å². The SMILES string of the molecule is CC1(C)CN(CCCCOc2ccccc2)CCCN1. The highest BCUT2D eigenvalue weighted by Crippen LogP contribution is 2.12. The van der Waals surface area contributed by atoms with Crippen LogP contribution >= 0.6 is 0 Å². The molecule has 1 fully saturated rings. The lowest BCUT2D eigenvalue weighted by atomic mass is 10.1. The molecule has 20 heavy (non-hydrogen) atoms. The highest BCUT2D eigenvalue weighted by Gasteiger charge is 2.23. The van der Waals surface area contributed by atoms with E-state index in [9.17, 15) is 0 Å². The van der Waals surface area contributed by atoms with Crippen LogP contribution in [-0.4, -0.2) is 43.2 Å². The van der Waals surface area contributed by atoms with E-state index in [1.54, 1.807) is 0 Å². The van der Waals surface area contributed by atoms with E-state index in [2.05, 4.69) is 24.1 Å². The van der Waals surface area contributed by atoms with Crippen molar-refractivity contribution in [2.24, 2.45) is 0 Å². The summed E-state index contributed by atoms with van der Waals surface area (Å²) in [7, 11) is 0. The molecule has 112 valence electrons. The second-order valence-corrected chi connectivity index (χ2v) is 6.31. The fraction of sp³-hybridized carbons (Fsp3) is 0.647. The molecular weight excluding hydrogens is 248 g/mol. The van der Waals surface area contributed by atoms with E-state index in [1.807, 2.05) is 30.3 Å². The topological polar surface area (TPSA) is 24.5 Å². The van der Waals surface area contributed by atoms with Gasteiger partial charge in [-0.15, -0.1) is 0 Å². The van der Waals surface area contributed by atoms with Crippen LogP contribution in [0, 0.1) is 0 Å². The number of hydrogen-bond acceptors (Lipinski definition) is 3. The Bertz CT molecular complexity index is 378. The molecule has 0 bridgehead atoms. The first kappa shape index (κ1) is 15.3. The Kier molecular flexibility index (Phi) is 5.86. The van der Waals surface area contributed by atoms with Gasteiger partial charge in [-0.2, -0.15) is 0 Å². The van der Waals surface area contributed by atoms with E-state index >= 15 is 0 Å². The van der Waals surface area contributed by atoms with Crippen LogP contribution in [0.5, 0.6) is 5.75 Å². The summed E-state index contributed by atoms with van der Waals surface area (Å²) in [4.78, 5) is 2.59. The van der Waals surface area contributed by atoms with Crippen molar-refractivity contribution in [3.8, 4) is 5.75 Å². The predicted molar refractivity (Wildman–Crippen MR) is 84.3 cm³/mol. The maximum absolute atomic E-state index is 5.73. The number of nitrogens with zero attached hydrogens (tertiary/aromatic N) is 1. The van der Waals surface area contributed by atoms with E-state index in [0.717, 1.165) is 31.9 Å². The lowest BCUT2D eigenvalue weighted by molar-refractivity contribution is 0.219. The lowest BCUT2D eigenvalue weighted by Crippen LogP contribution is -2.46. The first-order valence-electron chi connectivity index (χ1n) is 7.81. The van der Waals surface area contributed by atoms with Crippen molar-refractivity contribution >= 4 is 0 Å². The van der Waals surface area contributed by atoms with Gasteiger partial charge in [-0.05, 0) is 64.9 Å². The van der Waals surface area contributed by atoms with E-state index in [0.29, 0.717) is 0 Å². The van der Waals surface area contributed by atoms with Crippen molar-refractivity contribution in [1.29, 1.82) is 0 Å². The van der Waals surface area contributed by atoms with Gasteiger partial charge in [0, 0.05) is 12.1 Å². The Hall–Kier alpha value is -1.06. The third-order valence-electron chi connectivity index (χ3n) is 3.75. The lowest BCUT2D eigenvalue weighted by Gasteiger charge is -2.30. The molecule has 0 radical (unpaired) electrons. The Balaban J connectivity index is 1.61. The molecule has 3 nitrogen and oxygen atoms in total. The van der Waals surface area contributed by atoms with Gasteiger partial charge in [0.2, 0.25) is 0 Å². The summed E-state index contributed by atoms with van der Waals surface area (Å²) in [6.45, 7) is 10.1. The molecule has 2 rings (SSSR count). The Morgan fingerprint density at radius 3 is 2.80 bits per heavy atom. The molecule has 0 atom stereocenters. The van der Waals surface area contributed by atoms with Crippen LogP contribution in [0.1, 0.15) is 33.1 Å². The molecule has 0 amide bonds. The van der Waals surface area contributed by atoms with E-state index in [1.165, 1.54) is 25.9 Å². The summed E-state index contributed by atoms with van der Waals surface area (Å²) >= 11 is 0. The monoisotopic (exact) mass is 276 g/mol. The second kappa shape index (κ2) is 7.65. The Morgan fingerprint density at radius 2 is 2.00 bits per heavy atom. The van der Waals surface area contributed by atoms with Gasteiger partial charge < -0.3 is 15.0 Å². The maximum atomic E-state index is 5.73. The van der Waals surface area contributed by atoms with Crippen molar-refractivity contribution in [2.45, 2.75) is 38.6 Å². The van der Waals surface area contributed by atoms with Crippen LogP contribution in [0.15, 0.2) is 30.3 Å². The van der Waals surface area contributed by atoms with E-state index in [-0.39, 0.29) is 5.54 Å². The predicted octanol–water partition coefficient (Wildman–Crippen LogP) is 2.92. The zero-order chi connectivity index (χ0) is 14.3. The Labute approximate surface area is 123 Å². The minimum absolute atomic E-state index is 0.247. The molecule has 1 N–H and O–H groups in total. The number of ether oxygens (including phenoxy) is 1. The summed E-state index contributed by atoms with van der Waals surface area (Å²) in [6.07, 6.45) is 3.59. The quantitative estimate of drug-likeness (QED) is 0.809. The van der Waals surface area contributed by atoms with Gasteiger partial charge in [0.1, 0.15) is 5.75 Å². The molecule has 1 aliphatic rings. The number of para-hydroxylation sites is 1. The average Bonchev–Trinajstić information content (AvgIpc) is 2.60. The average molecular weight is 276 g/mol. The van der Waals surface area contributed by atoms with Gasteiger partial charge >= 0.3 is 0 Å². The minimum Gasteiger partial charge on any atom is -0.494 e. The van der Waals surface area contributed by atoms with Crippen LogP contribution < -0.4 is 10.1 Å². The van der Waals surface area contributed by atoms with Gasteiger partial charge in [0.05, 0.1) is 6.61 Å². The molecule has 0 aliphatic carbocycles. The highest BCUT2D eigenvalue weighted by atomic mass is 16.5. The molecule has 0 unspecified atom stereocenters. The van der Waals surface area contributed by atoms with E-state index in [4.69, 9.17) is 4.74 Å². The van der Waals surface area contributed by atoms with Crippen LogP contribution in [-0.2, 0) is 0 Å².